The predicted octanol–water partition coefficient (Wildman–Crippen LogP) is -0.384. The number of rotatable bonds is 2. The zero-order valence-corrected chi connectivity index (χ0v) is 5.31. The van der Waals surface area contributed by atoms with Crippen LogP contribution < -0.4 is 5.32 Å². The molecule has 0 bridgehead atoms. The van der Waals surface area contributed by atoms with Gasteiger partial charge in [-0.2, -0.15) is 0 Å². The summed E-state index contributed by atoms with van der Waals surface area (Å²) in [4.78, 5) is 3.84. The van der Waals surface area contributed by atoms with E-state index in [1.165, 1.54) is 0 Å². The quantitative estimate of drug-likeness (QED) is 0.381. The summed E-state index contributed by atoms with van der Waals surface area (Å²) in [5, 5.41) is 11.2. The Bertz CT molecular complexity index is 80.5. The summed E-state index contributed by atoms with van der Waals surface area (Å²) < 4.78 is 0. The minimum Gasteiger partial charge on any atom is -0.396 e. The van der Waals surface area contributed by atoms with E-state index >= 15 is 0 Å². The SMILES string of the molecule is CN=C(CCO)NC. The minimum absolute atomic E-state index is 0.160. The summed E-state index contributed by atoms with van der Waals surface area (Å²) in [5.74, 6) is 0.840. The molecule has 0 spiro atoms. The Balaban J connectivity index is 3.38. The average molecular weight is 116 g/mol. The largest absolute Gasteiger partial charge is 0.396 e. The summed E-state index contributed by atoms with van der Waals surface area (Å²) in [5.41, 5.74) is 0. The Labute approximate surface area is 49.4 Å². The molecule has 0 aromatic rings. The molecule has 48 valence electrons. The van der Waals surface area contributed by atoms with Gasteiger partial charge in [0, 0.05) is 20.5 Å². The summed E-state index contributed by atoms with van der Waals surface area (Å²) in [6, 6.07) is 0. The van der Waals surface area contributed by atoms with E-state index in [9.17, 15) is 0 Å². The zero-order chi connectivity index (χ0) is 6.41. The fourth-order valence-electron chi connectivity index (χ4n) is 0.455. The van der Waals surface area contributed by atoms with Crippen molar-refractivity contribution in [3.63, 3.8) is 0 Å². The third kappa shape index (κ3) is 2.58. The molecule has 0 aromatic carbocycles. The Kier molecular flexibility index (Phi) is 4.26. The van der Waals surface area contributed by atoms with E-state index < -0.39 is 0 Å². The van der Waals surface area contributed by atoms with Crippen LogP contribution in [0.25, 0.3) is 0 Å². The van der Waals surface area contributed by atoms with Crippen LogP contribution in [0, 0.1) is 0 Å². The fourth-order valence-corrected chi connectivity index (χ4v) is 0.455. The monoisotopic (exact) mass is 116 g/mol. The van der Waals surface area contributed by atoms with Crippen molar-refractivity contribution in [2.75, 3.05) is 20.7 Å². The van der Waals surface area contributed by atoms with Gasteiger partial charge in [0.05, 0.1) is 12.4 Å². The molecule has 2 N–H and O–H groups in total. The third-order valence-corrected chi connectivity index (χ3v) is 0.907. The Morgan fingerprint density at radius 3 is 2.50 bits per heavy atom. The molecular weight excluding hydrogens is 104 g/mol. The molecule has 0 aliphatic carbocycles. The lowest BCUT2D eigenvalue weighted by molar-refractivity contribution is 0.306. The van der Waals surface area contributed by atoms with Crippen LogP contribution in [0.5, 0.6) is 0 Å². The molecule has 3 nitrogen and oxygen atoms in total. The minimum atomic E-state index is 0.160. The highest BCUT2D eigenvalue weighted by Gasteiger charge is 1.88. The third-order valence-electron chi connectivity index (χ3n) is 0.907. The molecule has 0 fully saturated rings. The molecule has 0 aliphatic rings. The van der Waals surface area contributed by atoms with Gasteiger partial charge in [-0.3, -0.25) is 4.99 Å². The van der Waals surface area contributed by atoms with Crippen LogP contribution in [0.4, 0.5) is 0 Å². The van der Waals surface area contributed by atoms with Gasteiger partial charge < -0.3 is 10.4 Å². The number of aliphatic hydroxyl groups is 1. The van der Waals surface area contributed by atoms with Crippen LogP contribution in [-0.4, -0.2) is 31.6 Å². The predicted molar refractivity (Wildman–Crippen MR) is 34.1 cm³/mol. The number of amidine groups is 1. The summed E-state index contributed by atoms with van der Waals surface area (Å²) in [6.45, 7) is 0.160. The van der Waals surface area contributed by atoms with Crippen molar-refractivity contribution >= 4 is 5.84 Å². The Hall–Kier alpha value is -0.570. The Morgan fingerprint density at radius 1 is 1.75 bits per heavy atom. The van der Waals surface area contributed by atoms with Gasteiger partial charge in [0.2, 0.25) is 0 Å². The van der Waals surface area contributed by atoms with Crippen LogP contribution in [0.1, 0.15) is 6.42 Å². The van der Waals surface area contributed by atoms with Crippen molar-refractivity contribution in [2.45, 2.75) is 6.42 Å². The van der Waals surface area contributed by atoms with E-state index in [4.69, 9.17) is 5.11 Å². The normalized spacial score (nSPS) is 11.6. The van der Waals surface area contributed by atoms with Gasteiger partial charge in [0.1, 0.15) is 0 Å². The molecule has 0 rings (SSSR count). The molecule has 0 amide bonds. The molecule has 0 unspecified atom stereocenters. The molecular formula is C5H12N2O. The number of hydrogen-bond acceptors (Lipinski definition) is 2. The second-order valence-electron chi connectivity index (χ2n) is 1.39. The second-order valence-corrected chi connectivity index (χ2v) is 1.39. The highest BCUT2D eigenvalue weighted by molar-refractivity contribution is 5.81. The van der Waals surface area contributed by atoms with Crippen molar-refractivity contribution in [1.29, 1.82) is 0 Å². The number of aliphatic hydroxyl groups excluding tert-OH is 1. The van der Waals surface area contributed by atoms with E-state index in [1.807, 2.05) is 0 Å². The number of nitrogens with zero attached hydrogens (tertiary/aromatic N) is 1. The summed E-state index contributed by atoms with van der Waals surface area (Å²) in [7, 11) is 3.49. The zero-order valence-electron chi connectivity index (χ0n) is 5.31. The smallest absolute Gasteiger partial charge is 0.0980 e. The first kappa shape index (κ1) is 7.43. The second kappa shape index (κ2) is 4.59. The maximum atomic E-state index is 8.38. The first-order valence-electron chi connectivity index (χ1n) is 2.59. The molecule has 0 saturated heterocycles. The molecule has 0 atom stereocenters. The molecule has 0 radical (unpaired) electrons. The summed E-state index contributed by atoms with van der Waals surface area (Å²) >= 11 is 0. The van der Waals surface area contributed by atoms with Crippen molar-refractivity contribution in [3.05, 3.63) is 0 Å². The van der Waals surface area contributed by atoms with Crippen molar-refractivity contribution in [2.24, 2.45) is 4.99 Å². The maximum absolute atomic E-state index is 8.38. The van der Waals surface area contributed by atoms with Gasteiger partial charge in [0.15, 0.2) is 0 Å². The van der Waals surface area contributed by atoms with Crippen LogP contribution in [0.2, 0.25) is 0 Å². The number of hydrogen-bond donors (Lipinski definition) is 2. The van der Waals surface area contributed by atoms with Crippen molar-refractivity contribution < 1.29 is 5.11 Å². The molecule has 8 heavy (non-hydrogen) atoms. The van der Waals surface area contributed by atoms with Crippen LogP contribution in [-0.2, 0) is 0 Å². The molecule has 3 heteroatoms. The lowest BCUT2D eigenvalue weighted by Gasteiger charge is -1.98. The van der Waals surface area contributed by atoms with Gasteiger partial charge in [-0.1, -0.05) is 0 Å². The van der Waals surface area contributed by atoms with Gasteiger partial charge in [-0.15, -0.1) is 0 Å². The lowest BCUT2D eigenvalue weighted by Crippen LogP contribution is -2.18. The van der Waals surface area contributed by atoms with Gasteiger partial charge in [-0.25, -0.2) is 0 Å². The van der Waals surface area contributed by atoms with Crippen molar-refractivity contribution in [1.82, 2.24) is 5.32 Å². The highest BCUT2D eigenvalue weighted by Crippen LogP contribution is 1.77. The standard InChI is InChI=1S/C5H12N2O/c1-6-5(7-2)3-4-8/h8H,3-4H2,1-2H3,(H,6,7). The molecule has 0 heterocycles. The van der Waals surface area contributed by atoms with Gasteiger partial charge in [-0.05, 0) is 0 Å². The molecule has 0 aromatic heterocycles. The number of nitrogens with one attached hydrogen (secondary N) is 1. The average Bonchev–Trinajstić information content (AvgIpc) is 1.83. The van der Waals surface area contributed by atoms with E-state index in [0.717, 1.165) is 5.84 Å². The van der Waals surface area contributed by atoms with Gasteiger partial charge in [0.25, 0.3) is 0 Å². The fraction of sp³-hybridized carbons (Fsp3) is 0.800. The topological polar surface area (TPSA) is 44.6 Å². The first-order chi connectivity index (χ1) is 3.85. The highest BCUT2D eigenvalue weighted by atomic mass is 16.3. The maximum Gasteiger partial charge on any atom is 0.0980 e. The van der Waals surface area contributed by atoms with Crippen LogP contribution in [0.3, 0.4) is 0 Å². The van der Waals surface area contributed by atoms with E-state index in [-0.39, 0.29) is 6.61 Å². The first-order valence-corrected chi connectivity index (χ1v) is 2.59. The van der Waals surface area contributed by atoms with Crippen LogP contribution in [0.15, 0.2) is 4.99 Å². The van der Waals surface area contributed by atoms with Crippen molar-refractivity contribution in [3.8, 4) is 0 Å². The summed E-state index contributed by atoms with van der Waals surface area (Å²) in [6.07, 6.45) is 0.618. The molecule has 0 saturated carbocycles. The van der Waals surface area contributed by atoms with Gasteiger partial charge >= 0.3 is 0 Å². The number of aliphatic imine (C=N–C) groups is 1. The van der Waals surface area contributed by atoms with Crippen LogP contribution >= 0.6 is 0 Å². The lowest BCUT2D eigenvalue weighted by atomic mass is 10.4. The van der Waals surface area contributed by atoms with E-state index in [0.29, 0.717) is 6.42 Å². The van der Waals surface area contributed by atoms with E-state index in [1.54, 1.807) is 14.1 Å². The molecule has 0 aliphatic heterocycles. The Morgan fingerprint density at radius 2 is 2.38 bits per heavy atom. The van der Waals surface area contributed by atoms with E-state index in [2.05, 4.69) is 10.3 Å².